The minimum absolute atomic E-state index is 0.587. The molecule has 0 aromatic heterocycles. The zero-order chi connectivity index (χ0) is 9.26. The molecule has 0 bridgehead atoms. The van der Waals surface area contributed by atoms with Crippen LogP contribution in [-0.4, -0.2) is 11.5 Å². The quantitative estimate of drug-likeness (QED) is 0.601. The molecule has 1 aliphatic rings. The molecule has 0 atom stereocenters. The van der Waals surface area contributed by atoms with Crippen molar-refractivity contribution in [3.05, 3.63) is 29.3 Å². The molecule has 70 valence electrons. The molecule has 0 aliphatic carbocycles. The predicted octanol–water partition coefficient (Wildman–Crippen LogP) is 3.07. The van der Waals surface area contributed by atoms with Gasteiger partial charge in [-0.15, -0.1) is 0 Å². The molecular weight excluding hydrogens is 176 g/mol. The van der Waals surface area contributed by atoms with Gasteiger partial charge >= 0.3 is 0 Å². The van der Waals surface area contributed by atoms with E-state index in [4.69, 9.17) is 0 Å². The van der Waals surface area contributed by atoms with E-state index in [1.807, 2.05) is 0 Å². The van der Waals surface area contributed by atoms with Gasteiger partial charge in [-0.1, -0.05) is 12.1 Å². The standard InChI is InChI=1S/C12H17S/c1-10-5-6-11(2)12(9-10)13-7-3-4-8-13/h5-6,9H,3-4,7-8H2,1-2H3/q+1. The maximum atomic E-state index is 2.39. The highest BCUT2D eigenvalue weighted by atomic mass is 32.2. The number of aryl methyl sites for hydroxylation is 2. The third kappa shape index (κ3) is 1.91. The van der Waals surface area contributed by atoms with Gasteiger partial charge in [-0.3, -0.25) is 0 Å². The summed E-state index contributed by atoms with van der Waals surface area (Å²) < 4.78 is 0. The third-order valence-electron chi connectivity index (χ3n) is 2.69. The summed E-state index contributed by atoms with van der Waals surface area (Å²) in [5.41, 5.74) is 2.91. The van der Waals surface area contributed by atoms with Gasteiger partial charge in [0.15, 0.2) is 4.90 Å². The lowest BCUT2D eigenvalue weighted by Crippen LogP contribution is -2.05. The van der Waals surface area contributed by atoms with Crippen LogP contribution in [0, 0.1) is 13.8 Å². The third-order valence-corrected chi connectivity index (χ3v) is 5.31. The average Bonchev–Trinajstić information content (AvgIpc) is 2.61. The zero-order valence-electron chi connectivity index (χ0n) is 8.47. The van der Waals surface area contributed by atoms with E-state index in [2.05, 4.69) is 32.0 Å². The van der Waals surface area contributed by atoms with Gasteiger partial charge in [0, 0.05) is 16.5 Å². The van der Waals surface area contributed by atoms with Crippen molar-refractivity contribution >= 4 is 10.9 Å². The highest BCUT2D eigenvalue weighted by molar-refractivity contribution is 7.97. The Labute approximate surface area is 83.7 Å². The largest absolute Gasteiger partial charge is 0.158 e. The number of rotatable bonds is 1. The first kappa shape index (κ1) is 9.14. The molecule has 0 unspecified atom stereocenters. The second-order valence-electron chi connectivity index (χ2n) is 3.88. The first-order valence-electron chi connectivity index (χ1n) is 5.02. The van der Waals surface area contributed by atoms with E-state index in [9.17, 15) is 0 Å². The second kappa shape index (κ2) is 3.75. The van der Waals surface area contributed by atoms with E-state index < -0.39 is 0 Å². The lowest BCUT2D eigenvalue weighted by atomic mass is 10.2. The maximum Gasteiger partial charge on any atom is 0.158 e. The van der Waals surface area contributed by atoms with Crippen LogP contribution >= 0.6 is 0 Å². The lowest BCUT2D eigenvalue weighted by Gasteiger charge is -2.04. The molecule has 1 fully saturated rings. The molecule has 0 nitrogen and oxygen atoms in total. The van der Waals surface area contributed by atoms with Crippen LogP contribution in [0.25, 0.3) is 0 Å². The van der Waals surface area contributed by atoms with Crippen LogP contribution in [0.2, 0.25) is 0 Å². The highest BCUT2D eigenvalue weighted by Gasteiger charge is 2.28. The second-order valence-corrected chi connectivity index (χ2v) is 6.12. The fraction of sp³-hybridized carbons (Fsp3) is 0.500. The molecule has 1 heteroatoms. The number of hydrogen-bond donors (Lipinski definition) is 0. The Morgan fingerprint density at radius 1 is 1.08 bits per heavy atom. The van der Waals surface area contributed by atoms with Crippen molar-refractivity contribution in [3.63, 3.8) is 0 Å². The first-order chi connectivity index (χ1) is 6.27. The Hall–Kier alpha value is -0.430. The Kier molecular flexibility index (Phi) is 2.63. The smallest absolute Gasteiger partial charge is 0.0587 e. The van der Waals surface area contributed by atoms with Crippen molar-refractivity contribution in [3.8, 4) is 0 Å². The molecule has 0 spiro atoms. The van der Waals surface area contributed by atoms with Gasteiger partial charge in [-0.2, -0.15) is 0 Å². The summed E-state index contributed by atoms with van der Waals surface area (Å²) >= 11 is 0. The van der Waals surface area contributed by atoms with E-state index in [0.29, 0.717) is 10.9 Å². The molecule has 1 aliphatic heterocycles. The zero-order valence-corrected chi connectivity index (χ0v) is 9.29. The summed E-state index contributed by atoms with van der Waals surface area (Å²) in [5, 5.41) is 0. The SMILES string of the molecule is Cc1ccc(C)c([S+]2CCCC2)c1. The summed E-state index contributed by atoms with van der Waals surface area (Å²) in [5.74, 6) is 2.87. The van der Waals surface area contributed by atoms with Crippen LogP contribution in [0.4, 0.5) is 0 Å². The van der Waals surface area contributed by atoms with Gasteiger partial charge in [-0.05, 0) is 38.3 Å². The van der Waals surface area contributed by atoms with Gasteiger partial charge in [0.2, 0.25) is 0 Å². The van der Waals surface area contributed by atoms with Crippen LogP contribution in [0.5, 0.6) is 0 Å². The monoisotopic (exact) mass is 193 g/mol. The van der Waals surface area contributed by atoms with Crippen LogP contribution in [0.3, 0.4) is 0 Å². The average molecular weight is 193 g/mol. The fourth-order valence-electron chi connectivity index (χ4n) is 1.89. The van der Waals surface area contributed by atoms with E-state index in [1.54, 1.807) is 4.90 Å². The Balaban J connectivity index is 2.32. The Bertz CT molecular complexity index is 298. The predicted molar refractivity (Wildman–Crippen MR) is 60.5 cm³/mol. The molecule has 0 radical (unpaired) electrons. The molecule has 0 saturated carbocycles. The van der Waals surface area contributed by atoms with E-state index in [0.717, 1.165) is 0 Å². The minimum Gasteiger partial charge on any atom is -0.0587 e. The van der Waals surface area contributed by atoms with Crippen LogP contribution < -0.4 is 0 Å². The maximum absolute atomic E-state index is 2.39. The normalized spacial score (nSPS) is 18.0. The van der Waals surface area contributed by atoms with Crippen LogP contribution in [-0.2, 0) is 10.9 Å². The molecule has 1 aromatic rings. The van der Waals surface area contributed by atoms with Gasteiger partial charge in [0.25, 0.3) is 0 Å². The molecule has 0 amide bonds. The molecule has 1 saturated heterocycles. The summed E-state index contributed by atoms with van der Waals surface area (Å²) in [6.45, 7) is 4.45. The molecular formula is C12H17S+. The van der Waals surface area contributed by atoms with Gasteiger partial charge in [-0.25, -0.2) is 0 Å². The molecule has 13 heavy (non-hydrogen) atoms. The van der Waals surface area contributed by atoms with Crippen molar-refractivity contribution in [2.24, 2.45) is 0 Å². The van der Waals surface area contributed by atoms with Crippen molar-refractivity contribution in [1.29, 1.82) is 0 Å². The van der Waals surface area contributed by atoms with Crippen LogP contribution in [0.1, 0.15) is 24.0 Å². The minimum atomic E-state index is 0.587. The van der Waals surface area contributed by atoms with Crippen LogP contribution in [0.15, 0.2) is 23.1 Å². The van der Waals surface area contributed by atoms with E-state index in [1.165, 1.54) is 35.5 Å². The summed E-state index contributed by atoms with van der Waals surface area (Å²) in [6.07, 6.45) is 2.88. The summed E-state index contributed by atoms with van der Waals surface area (Å²) in [7, 11) is 0.587. The topological polar surface area (TPSA) is 0 Å². The lowest BCUT2D eigenvalue weighted by molar-refractivity contribution is 0.949. The van der Waals surface area contributed by atoms with E-state index >= 15 is 0 Å². The Morgan fingerprint density at radius 3 is 2.46 bits per heavy atom. The van der Waals surface area contributed by atoms with Gasteiger partial charge in [0.1, 0.15) is 11.5 Å². The van der Waals surface area contributed by atoms with Gasteiger partial charge < -0.3 is 0 Å². The van der Waals surface area contributed by atoms with Crippen molar-refractivity contribution in [2.45, 2.75) is 31.6 Å². The van der Waals surface area contributed by atoms with E-state index in [-0.39, 0.29) is 0 Å². The molecule has 2 rings (SSSR count). The fourth-order valence-corrected chi connectivity index (χ4v) is 4.52. The van der Waals surface area contributed by atoms with Crippen molar-refractivity contribution in [1.82, 2.24) is 0 Å². The highest BCUT2D eigenvalue weighted by Crippen LogP contribution is 2.26. The molecule has 0 N–H and O–H groups in total. The Morgan fingerprint density at radius 2 is 1.77 bits per heavy atom. The number of benzene rings is 1. The first-order valence-corrected chi connectivity index (χ1v) is 6.58. The molecule has 1 aromatic carbocycles. The van der Waals surface area contributed by atoms with Crippen molar-refractivity contribution in [2.75, 3.05) is 11.5 Å². The van der Waals surface area contributed by atoms with Crippen molar-refractivity contribution < 1.29 is 0 Å². The molecule has 1 heterocycles. The summed E-state index contributed by atoms with van der Waals surface area (Å²) in [4.78, 5) is 1.64. The number of hydrogen-bond acceptors (Lipinski definition) is 0. The van der Waals surface area contributed by atoms with Gasteiger partial charge in [0.05, 0.1) is 0 Å². The summed E-state index contributed by atoms with van der Waals surface area (Å²) in [6, 6.07) is 6.89.